The monoisotopic (exact) mass is 449 g/mol. The molecular formula is C20H27N5O3S2. The summed E-state index contributed by atoms with van der Waals surface area (Å²) in [6.07, 6.45) is 7.42. The van der Waals surface area contributed by atoms with Crippen LogP contribution in [0.3, 0.4) is 0 Å². The lowest BCUT2D eigenvalue weighted by molar-refractivity contribution is -0.113. The Balaban J connectivity index is 1.31. The number of carbonyl (C=O) groups is 1. The summed E-state index contributed by atoms with van der Waals surface area (Å²) >= 11 is 1.27. The summed E-state index contributed by atoms with van der Waals surface area (Å²) in [6.45, 7) is 0. The van der Waals surface area contributed by atoms with Crippen LogP contribution in [0.2, 0.25) is 0 Å². The number of aromatic nitrogens is 3. The van der Waals surface area contributed by atoms with Gasteiger partial charge < -0.3 is 5.32 Å². The van der Waals surface area contributed by atoms with E-state index in [1.807, 2.05) is 0 Å². The van der Waals surface area contributed by atoms with E-state index in [9.17, 15) is 13.2 Å². The highest BCUT2D eigenvalue weighted by Gasteiger charge is 2.29. The zero-order valence-corrected chi connectivity index (χ0v) is 18.6. The number of hydrogen-bond donors (Lipinski definition) is 2. The van der Waals surface area contributed by atoms with Gasteiger partial charge in [0.05, 0.1) is 10.6 Å². The molecule has 2 N–H and O–H groups in total. The molecule has 4 rings (SSSR count). The van der Waals surface area contributed by atoms with Crippen LogP contribution in [0.4, 0.5) is 5.69 Å². The van der Waals surface area contributed by atoms with Crippen LogP contribution in [-0.4, -0.2) is 52.7 Å². The van der Waals surface area contributed by atoms with E-state index in [2.05, 4.69) is 20.5 Å². The highest BCUT2D eigenvalue weighted by atomic mass is 32.2. The third-order valence-electron chi connectivity index (χ3n) is 5.68. The van der Waals surface area contributed by atoms with Gasteiger partial charge in [0.15, 0.2) is 0 Å². The van der Waals surface area contributed by atoms with Gasteiger partial charge >= 0.3 is 0 Å². The molecule has 30 heavy (non-hydrogen) atoms. The molecule has 2 fully saturated rings. The van der Waals surface area contributed by atoms with Gasteiger partial charge in [0.1, 0.15) is 5.82 Å². The first-order valence-electron chi connectivity index (χ1n) is 10.4. The van der Waals surface area contributed by atoms with Crippen molar-refractivity contribution in [2.24, 2.45) is 0 Å². The number of benzene rings is 1. The number of sulfonamides is 1. The SMILES string of the molecule is CN(C1CCCCC1)S(=O)(=O)c1ccc(NC(=O)CSc2n[nH]c(C3CC3)n2)cc1. The zero-order valence-electron chi connectivity index (χ0n) is 17.0. The number of anilines is 1. The quantitative estimate of drug-likeness (QED) is 0.598. The van der Waals surface area contributed by atoms with Crippen molar-refractivity contribution in [1.29, 1.82) is 0 Å². The summed E-state index contributed by atoms with van der Waals surface area (Å²) < 4.78 is 27.3. The van der Waals surface area contributed by atoms with E-state index in [-0.39, 0.29) is 22.6 Å². The van der Waals surface area contributed by atoms with Crippen LogP contribution in [0, 0.1) is 0 Å². The Kier molecular flexibility index (Phi) is 6.45. The highest BCUT2D eigenvalue weighted by Crippen LogP contribution is 2.38. The van der Waals surface area contributed by atoms with Gasteiger partial charge in [-0.15, -0.1) is 5.10 Å². The Morgan fingerprint density at radius 1 is 1.17 bits per heavy atom. The summed E-state index contributed by atoms with van der Waals surface area (Å²) in [5.74, 6) is 1.39. The summed E-state index contributed by atoms with van der Waals surface area (Å²) in [5, 5.41) is 10.4. The minimum atomic E-state index is -3.53. The third kappa shape index (κ3) is 5.04. The van der Waals surface area contributed by atoms with Crippen molar-refractivity contribution < 1.29 is 13.2 Å². The van der Waals surface area contributed by atoms with Gasteiger partial charge in [0, 0.05) is 24.7 Å². The molecule has 1 aromatic carbocycles. The second-order valence-electron chi connectivity index (χ2n) is 7.95. The number of H-pyrrole nitrogens is 1. The van der Waals surface area contributed by atoms with Crippen molar-refractivity contribution in [2.45, 2.75) is 67.0 Å². The smallest absolute Gasteiger partial charge is 0.243 e. The number of aromatic amines is 1. The van der Waals surface area contributed by atoms with Crippen LogP contribution >= 0.6 is 11.8 Å². The van der Waals surface area contributed by atoms with Crippen LogP contribution in [-0.2, 0) is 14.8 Å². The van der Waals surface area contributed by atoms with E-state index >= 15 is 0 Å². The van der Waals surface area contributed by atoms with Crippen molar-refractivity contribution in [3.05, 3.63) is 30.1 Å². The van der Waals surface area contributed by atoms with Crippen LogP contribution in [0.25, 0.3) is 0 Å². The van der Waals surface area contributed by atoms with E-state index in [1.54, 1.807) is 31.3 Å². The maximum Gasteiger partial charge on any atom is 0.243 e. The number of nitrogens with zero attached hydrogens (tertiary/aromatic N) is 3. The number of carbonyl (C=O) groups excluding carboxylic acids is 1. The van der Waals surface area contributed by atoms with Gasteiger partial charge in [-0.05, 0) is 49.9 Å². The Bertz CT molecular complexity index is 980. The van der Waals surface area contributed by atoms with E-state index < -0.39 is 10.0 Å². The first-order valence-corrected chi connectivity index (χ1v) is 12.8. The molecule has 2 aromatic rings. The third-order valence-corrected chi connectivity index (χ3v) is 8.45. The van der Waals surface area contributed by atoms with Crippen molar-refractivity contribution in [1.82, 2.24) is 19.5 Å². The van der Waals surface area contributed by atoms with Crippen LogP contribution in [0.1, 0.15) is 56.7 Å². The van der Waals surface area contributed by atoms with Gasteiger partial charge in [0.2, 0.25) is 21.1 Å². The number of nitrogens with one attached hydrogen (secondary N) is 2. The molecule has 162 valence electrons. The van der Waals surface area contributed by atoms with Crippen LogP contribution < -0.4 is 5.32 Å². The number of rotatable bonds is 8. The second kappa shape index (κ2) is 9.07. The minimum absolute atomic E-state index is 0.0660. The summed E-state index contributed by atoms with van der Waals surface area (Å²) in [5.41, 5.74) is 0.563. The molecule has 0 aliphatic heterocycles. The number of amides is 1. The molecule has 2 saturated carbocycles. The lowest BCUT2D eigenvalue weighted by Crippen LogP contribution is -2.38. The predicted molar refractivity (Wildman–Crippen MR) is 116 cm³/mol. The van der Waals surface area contributed by atoms with Crippen molar-refractivity contribution in [3.63, 3.8) is 0 Å². The molecule has 0 unspecified atom stereocenters. The maximum absolute atomic E-state index is 12.9. The molecule has 0 bridgehead atoms. The fourth-order valence-corrected chi connectivity index (χ4v) is 5.73. The Labute approximate surface area is 181 Å². The van der Waals surface area contributed by atoms with Crippen LogP contribution in [0.5, 0.6) is 0 Å². The largest absolute Gasteiger partial charge is 0.325 e. The summed E-state index contributed by atoms with van der Waals surface area (Å²) in [6, 6.07) is 6.42. The van der Waals surface area contributed by atoms with Crippen molar-refractivity contribution in [3.8, 4) is 0 Å². The fraction of sp³-hybridized carbons (Fsp3) is 0.550. The van der Waals surface area contributed by atoms with Gasteiger partial charge in [-0.2, -0.15) is 4.31 Å². The molecule has 0 spiro atoms. The van der Waals surface area contributed by atoms with Gasteiger partial charge in [-0.3, -0.25) is 9.89 Å². The van der Waals surface area contributed by atoms with Gasteiger partial charge in [-0.1, -0.05) is 31.0 Å². The number of thioether (sulfide) groups is 1. The molecule has 1 amide bonds. The minimum Gasteiger partial charge on any atom is -0.325 e. The van der Waals surface area contributed by atoms with E-state index in [4.69, 9.17) is 0 Å². The lowest BCUT2D eigenvalue weighted by Gasteiger charge is -2.30. The topological polar surface area (TPSA) is 108 Å². The van der Waals surface area contributed by atoms with E-state index in [1.165, 1.54) is 22.5 Å². The Morgan fingerprint density at radius 3 is 2.53 bits per heavy atom. The highest BCUT2D eigenvalue weighted by molar-refractivity contribution is 7.99. The first kappa shape index (κ1) is 21.3. The average molecular weight is 450 g/mol. The molecule has 10 heteroatoms. The average Bonchev–Trinajstić information content (AvgIpc) is 3.50. The number of hydrogen-bond acceptors (Lipinski definition) is 6. The fourth-order valence-electron chi connectivity index (χ4n) is 3.71. The maximum atomic E-state index is 12.9. The Morgan fingerprint density at radius 2 is 1.87 bits per heavy atom. The molecule has 2 aliphatic carbocycles. The molecule has 2 aliphatic rings. The molecule has 8 nitrogen and oxygen atoms in total. The Hall–Kier alpha value is -1.91. The van der Waals surface area contributed by atoms with Crippen LogP contribution in [0.15, 0.2) is 34.3 Å². The normalized spacial score (nSPS) is 17.9. The molecule has 1 heterocycles. The molecule has 0 radical (unpaired) electrons. The first-order chi connectivity index (χ1) is 14.4. The second-order valence-corrected chi connectivity index (χ2v) is 10.9. The zero-order chi connectivity index (χ0) is 21.1. The summed E-state index contributed by atoms with van der Waals surface area (Å²) in [4.78, 5) is 16.8. The van der Waals surface area contributed by atoms with Gasteiger partial charge in [-0.25, -0.2) is 13.4 Å². The molecule has 0 saturated heterocycles. The van der Waals surface area contributed by atoms with Crippen molar-refractivity contribution >= 4 is 33.4 Å². The molecule has 1 aromatic heterocycles. The van der Waals surface area contributed by atoms with Gasteiger partial charge in [0.25, 0.3) is 0 Å². The molecule has 0 atom stereocenters. The molecular weight excluding hydrogens is 422 g/mol. The standard InChI is InChI=1S/C20H27N5O3S2/c1-25(16-5-3-2-4-6-16)30(27,28)17-11-9-15(10-12-17)21-18(26)13-29-20-22-19(23-24-20)14-7-8-14/h9-12,14,16H,2-8,13H2,1H3,(H,21,26)(H,22,23,24). The van der Waals surface area contributed by atoms with Crippen molar-refractivity contribution in [2.75, 3.05) is 18.1 Å². The van der Waals surface area contributed by atoms with E-state index in [0.717, 1.165) is 44.3 Å². The van der Waals surface area contributed by atoms with E-state index in [0.29, 0.717) is 16.8 Å². The lowest BCUT2D eigenvalue weighted by atomic mass is 9.96. The predicted octanol–water partition coefficient (Wildman–Crippen LogP) is 3.37. The summed E-state index contributed by atoms with van der Waals surface area (Å²) in [7, 11) is -1.87.